The largest absolute Gasteiger partial charge is 0.396 e. The van der Waals surface area contributed by atoms with Crippen molar-refractivity contribution in [1.29, 1.82) is 0 Å². The lowest BCUT2D eigenvalue weighted by atomic mass is 9.86. The fourth-order valence-electron chi connectivity index (χ4n) is 1.49. The van der Waals surface area contributed by atoms with E-state index in [0.717, 1.165) is 0 Å². The van der Waals surface area contributed by atoms with Crippen LogP contribution >= 0.6 is 0 Å². The molecule has 0 radical (unpaired) electrons. The highest BCUT2D eigenvalue weighted by Crippen LogP contribution is 2.21. The van der Waals surface area contributed by atoms with Crippen LogP contribution in [0.15, 0.2) is 0 Å². The highest BCUT2D eigenvalue weighted by Gasteiger charge is 2.25. The van der Waals surface area contributed by atoms with Crippen LogP contribution in [0.25, 0.3) is 0 Å². The highest BCUT2D eigenvalue weighted by molar-refractivity contribution is 4.73. The average molecular weight is 224 g/mol. The third kappa shape index (κ3) is 5.41. The van der Waals surface area contributed by atoms with Gasteiger partial charge in [0.15, 0.2) is 6.29 Å². The molecule has 92 valence electrons. The molecule has 6 N–H and O–H groups in total. The SMILES string of the molecule is OCCC(CO)C(CO)CC(O)C(O)O. The predicted molar refractivity (Wildman–Crippen MR) is 51.7 cm³/mol. The van der Waals surface area contributed by atoms with Crippen LogP contribution in [0.2, 0.25) is 0 Å². The van der Waals surface area contributed by atoms with Crippen molar-refractivity contribution >= 4 is 0 Å². The second-order valence-electron chi connectivity index (χ2n) is 3.61. The molecule has 0 aliphatic heterocycles. The minimum atomic E-state index is -1.85. The maximum absolute atomic E-state index is 9.19. The van der Waals surface area contributed by atoms with Crippen LogP contribution in [0.1, 0.15) is 12.8 Å². The molecule has 0 amide bonds. The molecule has 0 aromatic heterocycles. The monoisotopic (exact) mass is 224 g/mol. The van der Waals surface area contributed by atoms with Crippen LogP contribution in [-0.4, -0.2) is 62.9 Å². The molecule has 6 heteroatoms. The zero-order valence-corrected chi connectivity index (χ0v) is 8.53. The van der Waals surface area contributed by atoms with E-state index < -0.39 is 18.3 Å². The van der Waals surface area contributed by atoms with E-state index in [-0.39, 0.29) is 32.2 Å². The molecule has 0 aliphatic carbocycles. The Morgan fingerprint density at radius 2 is 1.33 bits per heavy atom. The van der Waals surface area contributed by atoms with Crippen molar-refractivity contribution in [2.45, 2.75) is 25.2 Å². The second-order valence-corrected chi connectivity index (χ2v) is 3.61. The molecule has 0 spiro atoms. The molecule has 6 nitrogen and oxygen atoms in total. The van der Waals surface area contributed by atoms with Crippen LogP contribution in [0.5, 0.6) is 0 Å². The predicted octanol–water partition coefficient (Wildman–Crippen LogP) is -2.35. The van der Waals surface area contributed by atoms with Crippen LogP contribution in [0, 0.1) is 11.8 Å². The lowest BCUT2D eigenvalue weighted by Crippen LogP contribution is -2.33. The Kier molecular flexibility index (Phi) is 7.85. The third-order valence-corrected chi connectivity index (χ3v) is 2.52. The zero-order valence-electron chi connectivity index (χ0n) is 8.53. The molecule has 0 aromatic rings. The summed E-state index contributed by atoms with van der Waals surface area (Å²) in [5.74, 6) is -0.813. The summed E-state index contributed by atoms with van der Waals surface area (Å²) in [4.78, 5) is 0. The summed E-state index contributed by atoms with van der Waals surface area (Å²) in [5, 5.41) is 53.2. The van der Waals surface area contributed by atoms with Crippen molar-refractivity contribution in [2.24, 2.45) is 11.8 Å². The van der Waals surface area contributed by atoms with Crippen LogP contribution in [-0.2, 0) is 0 Å². The van der Waals surface area contributed by atoms with Gasteiger partial charge in [-0.15, -0.1) is 0 Å². The first-order valence-electron chi connectivity index (χ1n) is 4.93. The number of hydrogen-bond donors (Lipinski definition) is 6. The van der Waals surface area contributed by atoms with E-state index >= 15 is 0 Å². The first-order valence-corrected chi connectivity index (χ1v) is 4.93. The zero-order chi connectivity index (χ0) is 11.8. The first-order chi connectivity index (χ1) is 7.06. The van der Waals surface area contributed by atoms with E-state index in [4.69, 9.17) is 25.5 Å². The summed E-state index contributed by atoms with van der Waals surface area (Å²) in [6, 6.07) is 0. The smallest absolute Gasteiger partial charge is 0.178 e. The van der Waals surface area contributed by atoms with Gasteiger partial charge in [-0.3, -0.25) is 0 Å². The lowest BCUT2D eigenvalue weighted by Gasteiger charge is -2.26. The van der Waals surface area contributed by atoms with Gasteiger partial charge in [-0.2, -0.15) is 0 Å². The van der Waals surface area contributed by atoms with Crippen molar-refractivity contribution in [3.8, 4) is 0 Å². The van der Waals surface area contributed by atoms with Crippen molar-refractivity contribution in [3.63, 3.8) is 0 Å². The maximum Gasteiger partial charge on any atom is 0.178 e. The van der Waals surface area contributed by atoms with Gasteiger partial charge in [0.1, 0.15) is 6.10 Å². The fourth-order valence-corrected chi connectivity index (χ4v) is 1.49. The average Bonchev–Trinajstić information content (AvgIpc) is 2.22. The van der Waals surface area contributed by atoms with Crippen LogP contribution in [0.3, 0.4) is 0 Å². The summed E-state index contributed by atoms with van der Waals surface area (Å²) >= 11 is 0. The Balaban J connectivity index is 4.19. The van der Waals surface area contributed by atoms with Crippen molar-refractivity contribution in [3.05, 3.63) is 0 Å². The molecule has 0 aromatic carbocycles. The molecule has 3 unspecified atom stereocenters. The Morgan fingerprint density at radius 3 is 1.67 bits per heavy atom. The number of aliphatic hydroxyl groups excluding tert-OH is 5. The topological polar surface area (TPSA) is 121 Å². The van der Waals surface area contributed by atoms with Crippen LogP contribution < -0.4 is 0 Å². The minimum absolute atomic E-state index is 0.0284. The van der Waals surface area contributed by atoms with E-state index in [9.17, 15) is 5.11 Å². The Labute approximate surface area is 88.4 Å². The molecular weight excluding hydrogens is 204 g/mol. The fraction of sp³-hybridized carbons (Fsp3) is 1.00. The van der Waals surface area contributed by atoms with Gasteiger partial charge in [0.05, 0.1) is 0 Å². The van der Waals surface area contributed by atoms with Gasteiger partial charge in [-0.1, -0.05) is 0 Å². The van der Waals surface area contributed by atoms with Gasteiger partial charge in [-0.05, 0) is 24.7 Å². The number of rotatable bonds is 8. The quantitative estimate of drug-likeness (QED) is 0.257. The van der Waals surface area contributed by atoms with Crippen LogP contribution in [0.4, 0.5) is 0 Å². The number of aliphatic hydroxyl groups is 6. The first kappa shape index (κ1) is 14.8. The normalized spacial score (nSPS) is 17.8. The van der Waals surface area contributed by atoms with E-state index in [0.29, 0.717) is 6.42 Å². The van der Waals surface area contributed by atoms with Gasteiger partial charge in [0.2, 0.25) is 0 Å². The molecule has 0 saturated heterocycles. The molecule has 0 saturated carbocycles. The second kappa shape index (κ2) is 7.98. The summed E-state index contributed by atoms with van der Waals surface area (Å²) in [6.07, 6.45) is -2.93. The van der Waals surface area contributed by atoms with E-state index in [1.807, 2.05) is 0 Å². The van der Waals surface area contributed by atoms with Crippen molar-refractivity contribution in [2.75, 3.05) is 19.8 Å². The Morgan fingerprint density at radius 1 is 0.800 bits per heavy atom. The standard InChI is InChI=1S/C9H20O6/c10-2-1-6(4-11)7(5-12)3-8(13)9(14)15/h6-15H,1-5H2. The molecule has 3 atom stereocenters. The maximum atomic E-state index is 9.19. The molecule has 0 rings (SSSR count). The Bertz CT molecular complexity index is 152. The lowest BCUT2D eigenvalue weighted by molar-refractivity contribution is -0.132. The molecule has 15 heavy (non-hydrogen) atoms. The van der Waals surface area contributed by atoms with Gasteiger partial charge in [0.25, 0.3) is 0 Å². The molecule has 0 aliphatic rings. The summed E-state index contributed by atoms with van der Waals surface area (Å²) in [5.41, 5.74) is 0. The van der Waals surface area contributed by atoms with Gasteiger partial charge < -0.3 is 30.6 Å². The van der Waals surface area contributed by atoms with Gasteiger partial charge in [-0.25, -0.2) is 0 Å². The molecular formula is C9H20O6. The van der Waals surface area contributed by atoms with Crippen molar-refractivity contribution in [1.82, 2.24) is 0 Å². The third-order valence-electron chi connectivity index (χ3n) is 2.52. The van der Waals surface area contributed by atoms with Crippen molar-refractivity contribution < 1.29 is 30.6 Å². The van der Waals surface area contributed by atoms with E-state index in [1.165, 1.54) is 0 Å². The number of hydrogen-bond acceptors (Lipinski definition) is 6. The summed E-state index contributed by atoms with van der Waals surface area (Å²) in [6.45, 7) is -0.630. The molecule has 0 fully saturated rings. The van der Waals surface area contributed by atoms with Gasteiger partial charge in [0, 0.05) is 19.8 Å². The van der Waals surface area contributed by atoms with E-state index in [2.05, 4.69) is 0 Å². The Hall–Kier alpha value is -0.240. The molecule has 0 bridgehead atoms. The van der Waals surface area contributed by atoms with Gasteiger partial charge >= 0.3 is 0 Å². The molecule has 0 heterocycles. The van der Waals surface area contributed by atoms with E-state index in [1.54, 1.807) is 0 Å². The summed E-state index contributed by atoms with van der Waals surface area (Å²) in [7, 11) is 0. The summed E-state index contributed by atoms with van der Waals surface area (Å²) < 4.78 is 0. The highest BCUT2D eigenvalue weighted by atomic mass is 16.5. The minimum Gasteiger partial charge on any atom is -0.396 e.